The van der Waals surface area contributed by atoms with Gasteiger partial charge in [-0.3, -0.25) is 9.59 Å². The van der Waals surface area contributed by atoms with Gasteiger partial charge in [-0.15, -0.1) is 11.3 Å². The number of ketones is 1. The summed E-state index contributed by atoms with van der Waals surface area (Å²) >= 11 is 1.67. The van der Waals surface area contributed by atoms with Crippen molar-refractivity contribution in [2.24, 2.45) is 0 Å². The van der Waals surface area contributed by atoms with Crippen LogP contribution in [0.4, 0.5) is 5.69 Å². The maximum atomic E-state index is 12.9. The Morgan fingerprint density at radius 2 is 1.96 bits per heavy atom. The maximum absolute atomic E-state index is 12.9. The van der Waals surface area contributed by atoms with E-state index in [0.29, 0.717) is 23.0 Å². The SMILES string of the molecule is CC(=O)c1cccc(NC(=O)c2cc3sccc3n2C2CCCC2)c1. The summed E-state index contributed by atoms with van der Waals surface area (Å²) in [7, 11) is 0. The molecule has 2 heterocycles. The third-order valence-corrected chi connectivity index (χ3v) is 5.76. The number of anilines is 1. The lowest BCUT2D eigenvalue weighted by atomic mass is 10.1. The Hall–Kier alpha value is -2.40. The molecule has 3 aromatic rings. The third-order valence-electron chi connectivity index (χ3n) is 4.91. The average Bonchev–Trinajstić information content (AvgIpc) is 3.31. The van der Waals surface area contributed by atoms with Gasteiger partial charge in [-0.25, -0.2) is 0 Å². The molecular formula is C20H20N2O2S. The van der Waals surface area contributed by atoms with E-state index in [1.54, 1.807) is 29.5 Å². The molecule has 2 aromatic heterocycles. The summed E-state index contributed by atoms with van der Waals surface area (Å²) in [5, 5.41) is 5.04. The lowest BCUT2D eigenvalue weighted by Crippen LogP contribution is -2.19. The van der Waals surface area contributed by atoms with Crippen LogP contribution in [0.25, 0.3) is 10.2 Å². The van der Waals surface area contributed by atoms with Crippen molar-refractivity contribution < 1.29 is 9.59 Å². The molecular weight excluding hydrogens is 332 g/mol. The second-order valence-electron chi connectivity index (χ2n) is 6.60. The van der Waals surface area contributed by atoms with Crippen LogP contribution >= 0.6 is 11.3 Å². The smallest absolute Gasteiger partial charge is 0.272 e. The van der Waals surface area contributed by atoms with E-state index in [0.717, 1.165) is 23.1 Å². The van der Waals surface area contributed by atoms with Crippen LogP contribution in [-0.4, -0.2) is 16.3 Å². The van der Waals surface area contributed by atoms with Crippen molar-refractivity contribution in [2.75, 3.05) is 5.32 Å². The van der Waals surface area contributed by atoms with Crippen molar-refractivity contribution in [3.63, 3.8) is 0 Å². The summed E-state index contributed by atoms with van der Waals surface area (Å²) in [6.07, 6.45) is 4.69. The first-order valence-electron chi connectivity index (χ1n) is 8.64. The Kier molecular flexibility index (Phi) is 4.17. The monoisotopic (exact) mass is 352 g/mol. The van der Waals surface area contributed by atoms with E-state index in [-0.39, 0.29) is 11.7 Å². The molecule has 128 valence electrons. The van der Waals surface area contributed by atoms with Gasteiger partial charge >= 0.3 is 0 Å². The van der Waals surface area contributed by atoms with Crippen LogP contribution in [0.1, 0.15) is 59.5 Å². The number of nitrogens with one attached hydrogen (secondary N) is 1. The van der Waals surface area contributed by atoms with E-state index in [1.165, 1.54) is 19.8 Å². The van der Waals surface area contributed by atoms with Gasteiger partial charge in [0.05, 0.1) is 10.2 Å². The third kappa shape index (κ3) is 3.00. The van der Waals surface area contributed by atoms with Crippen molar-refractivity contribution >= 4 is 38.9 Å². The van der Waals surface area contributed by atoms with Crippen molar-refractivity contribution in [3.05, 3.63) is 53.0 Å². The van der Waals surface area contributed by atoms with Gasteiger partial charge in [-0.2, -0.15) is 0 Å². The second kappa shape index (κ2) is 6.48. The highest BCUT2D eigenvalue weighted by Crippen LogP contribution is 2.36. The highest BCUT2D eigenvalue weighted by molar-refractivity contribution is 7.17. The predicted octanol–water partition coefficient (Wildman–Crippen LogP) is 5.27. The zero-order valence-corrected chi connectivity index (χ0v) is 14.9. The number of rotatable bonds is 4. The highest BCUT2D eigenvalue weighted by atomic mass is 32.1. The van der Waals surface area contributed by atoms with Gasteiger partial charge in [-0.1, -0.05) is 25.0 Å². The topological polar surface area (TPSA) is 51.1 Å². The number of thiophene rings is 1. The summed E-state index contributed by atoms with van der Waals surface area (Å²) in [4.78, 5) is 24.5. The van der Waals surface area contributed by atoms with Gasteiger partial charge in [0.25, 0.3) is 5.91 Å². The molecule has 0 spiro atoms. The number of nitrogens with zero attached hydrogens (tertiary/aromatic N) is 1. The second-order valence-corrected chi connectivity index (χ2v) is 7.55. The van der Waals surface area contributed by atoms with Crippen molar-refractivity contribution in [3.8, 4) is 0 Å². The van der Waals surface area contributed by atoms with Crippen LogP contribution in [0, 0.1) is 0 Å². The summed E-state index contributed by atoms with van der Waals surface area (Å²) < 4.78 is 3.36. The molecule has 4 nitrogen and oxygen atoms in total. The van der Waals surface area contributed by atoms with Gasteiger partial charge in [0, 0.05) is 17.3 Å². The zero-order valence-electron chi connectivity index (χ0n) is 14.1. The number of amides is 1. The fraction of sp³-hybridized carbons (Fsp3) is 0.300. The molecule has 1 amide bonds. The van der Waals surface area contributed by atoms with Gasteiger partial charge in [0.2, 0.25) is 0 Å². The van der Waals surface area contributed by atoms with E-state index < -0.39 is 0 Å². The molecule has 5 heteroatoms. The van der Waals surface area contributed by atoms with E-state index in [2.05, 4.69) is 21.3 Å². The normalized spacial score (nSPS) is 14.9. The van der Waals surface area contributed by atoms with Gasteiger partial charge in [-0.05, 0) is 49.4 Å². The average molecular weight is 352 g/mol. The largest absolute Gasteiger partial charge is 0.333 e. The van der Waals surface area contributed by atoms with E-state index >= 15 is 0 Å². The summed E-state index contributed by atoms with van der Waals surface area (Å²) in [6.45, 7) is 1.53. The van der Waals surface area contributed by atoms with E-state index in [1.807, 2.05) is 12.1 Å². The van der Waals surface area contributed by atoms with Crippen LogP contribution in [-0.2, 0) is 0 Å². The molecule has 1 aromatic carbocycles. The van der Waals surface area contributed by atoms with Gasteiger partial charge < -0.3 is 9.88 Å². The number of benzene rings is 1. The van der Waals surface area contributed by atoms with E-state index in [4.69, 9.17) is 0 Å². The highest BCUT2D eigenvalue weighted by Gasteiger charge is 2.25. The molecule has 1 saturated carbocycles. The Morgan fingerprint density at radius 1 is 1.16 bits per heavy atom. The van der Waals surface area contributed by atoms with Crippen LogP contribution < -0.4 is 5.32 Å². The Balaban J connectivity index is 1.68. The molecule has 0 bridgehead atoms. The van der Waals surface area contributed by atoms with E-state index in [9.17, 15) is 9.59 Å². The molecule has 0 aliphatic heterocycles. The predicted molar refractivity (Wildman–Crippen MR) is 102 cm³/mol. The van der Waals surface area contributed by atoms with Crippen LogP contribution in [0.2, 0.25) is 0 Å². The zero-order chi connectivity index (χ0) is 17.4. The number of carbonyl (C=O) groups is 2. The molecule has 1 fully saturated rings. The minimum absolute atomic E-state index is 0.00839. The lowest BCUT2D eigenvalue weighted by Gasteiger charge is -2.17. The van der Waals surface area contributed by atoms with Gasteiger partial charge in [0.15, 0.2) is 5.78 Å². The number of hydrogen-bond donors (Lipinski definition) is 1. The van der Waals surface area contributed by atoms with Crippen molar-refractivity contribution in [1.29, 1.82) is 0 Å². The van der Waals surface area contributed by atoms with Crippen LogP contribution in [0.15, 0.2) is 41.8 Å². The maximum Gasteiger partial charge on any atom is 0.272 e. The summed E-state index contributed by atoms with van der Waals surface area (Å²) in [5.74, 6) is -0.123. The molecule has 0 atom stereocenters. The first-order valence-corrected chi connectivity index (χ1v) is 9.52. The molecule has 1 N–H and O–H groups in total. The molecule has 0 radical (unpaired) electrons. The number of hydrogen-bond acceptors (Lipinski definition) is 3. The Bertz CT molecular complexity index is 948. The number of carbonyl (C=O) groups excluding carboxylic acids is 2. The van der Waals surface area contributed by atoms with Crippen molar-refractivity contribution in [2.45, 2.75) is 38.6 Å². The van der Waals surface area contributed by atoms with Crippen LogP contribution in [0.3, 0.4) is 0 Å². The first kappa shape index (κ1) is 16.1. The molecule has 1 aliphatic rings. The standard InChI is InChI=1S/C20H20N2O2S/c1-13(23)14-5-4-6-15(11-14)21-20(24)18-12-19-17(9-10-25-19)22(18)16-7-2-3-8-16/h4-6,9-12,16H,2-3,7-8H2,1H3,(H,21,24). The fourth-order valence-electron chi connectivity index (χ4n) is 3.69. The molecule has 0 unspecified atom stereocenters. The first-order chi connectivity index (χ1) is 12.1. The minimum atomic E-state index is -0.115. The quantitative estimate of drug-likeness (QED) is 0.650. The molecule has 4 rings (SSSR count). The number of Topliss-reactive ketones (excluding diaryl/α,β-unsaturated/α-hetero) is 1. The Morgan fingerprint density at radius 3 is 2.72 bits per heavy atom. The van der Waals surface area contributed by atoms with Crippen LogP contribution in [0.5, 0.6) is 0 Å². The lowest BCUT2D eigenvalue weighted by molar-refractivity contribution is 0.100. The van der Waals surface area contributed by atoms with Crippen molar-refractivity contribution in [1.82, 2.24) is 4.57 Å². The van der Waals surface area contributed by atoms with Gasteiger partial charge in [0.1, 0.15) is 5.69 Å². The summed E-state index contributed by atoms with van der Waals surface area (Å²) in [5.41, 5.74) is 3.12. The number of fused-ring (bicyclic) bond motifs is 1. The molecule has 25 heavy (non-hydrogen) atoms. The fourth-order valence-corrected chi connectivity index (χ4v) is 4.50. The number of aromatic nitrogens is 1. The Labute approximate surface area is 150 Å². The molecule has 1 aliphatic carbocycles. The summed E-state index contributed by atoms with van der Waals surface area (Å²) in [6, 6.07) is 11.6. The molecule has 0 saturated heterocycles. The minimum Gasteiger partial charge on any atom is -0.333 e.